The van der Waals surface area contributed by atoms with Crippen LogP contribution >= 0.6 is 0 Å². The van der Waals surface area contributed by atoms with E-state index < -0.39 is 0 Å². The van der Waals surface area contributed by atoms with E-state index in [1.807, 2.05) is 0 Å². The van der Waals surface area contributed by atoms with Crippen LogP contribution in [0.5, 0.6) is 0 Å². The average molecular weight is 206 g/mol. The highest BCUT2D eigenvalue weighted by molar-refractivity contribution is 5.27. The molecule has 1 aliphatic heterocycles. The number of fused-ring (bicyclic) bond motifs is 1. The van der Waals surface area contributed by atoms with Gasteiger partial charge in [0.25, 0.3) is 0 Å². The van der Waals surface area contributed by atoms with Crippen LogP contribution in [0, 0.1) is 0 Å². The van der Waals surface area contributed by atoms with Crippen molar-refractivity contribution in [3.63, 3.8) is 0 Å². The molecular weight excluding hydrogens is 184 g/mol. The van der Waals surface area contributed by atoms with Crippen LogP contribution in [0.3, 0.4) is 0 Å². The van der Waals surface area contributed by atoms with Crippen LogP contribution in [0.2, 0.25) is 0 Å². The second-order valence-electron chi connectivity index (χ2n) is 4.59. The highest BCUT2D eigenvalue weighted by Gasteiger charge is 2.30. The lowest BCUT2D eigenvalue weighted by Crippen LogP contribution is -2.42. The maximum Gasteiger partial charge on any atom is 0.0340 e. The van der Waals surface area contributed by atoms with Crippen molar-refractivity contribution in [2.75, 3.05) is 6.54 Å². The molecular formula is C13H22N2. The number of H-pyrrole nitrogens is 1. The summed E-state index contributed by atoms with van der Waals surface area (Å²) in [7, 11) is 0. The van der Waals surface area contributed by atoms with Gasteiger partial charge in [0.15, 0.2) is 0 Å². The van der Waals surface area contributed by atoms with Crippen molar-refractivity contribution in [2.45, 2.75) is 52.1 Å². The van der Waals surface area contributed by atoms with E-state index in [0.717, 1.165) is 6.04 Å². The quantitative estimate of drug-likeness (QED) is 0.805. The van der Waals surface area contributed by atoms with Gasteiger partial charge in [0.2, 0.25) is 0 Å². The monoisotopic (exact) mass is 206 g/mol. The van der Waals surface area contributed by atoms with Crippen LogP contribution in [0.25, 0.3) is 0 Å². The summed E-state index contributed by atoms with van der Waals surface area (Å²) in [6.45, 7) is 8.13. The number of nitrogens with one attached hydrogen (secondary N) is 1. The first kappa shape index (κ1) is 10.7. The predicted octanol–water partition coefficient (Wildman–Crippen LogP) is 3.12. The van der Waals surface area contributed by atoms with Gasteiger partial charge < -0.3 is 4.98 Å². The second-order valence-corrected chi connectivity index (χ2v) is 4.59. The molecule has 1 aromatic heterocycles. The number of aromatic nitrogens is 1. The molecule has 2 nitrogen and oxygen atoms in total. The third-order valence-corrected chi connectivity index (χ3v) is 3.68. The van der Waals surface area contributed by atoms with Crippen LogP contribution in [0.15, 0.2) is 12.3 Å². The summed E-state index contributed by atoms with van der Waals surface area (Å²) >= 11 is 0. The standard InChI is InChI=1S/C13H22N2/c1-4-8-15-10(3)12-6-7-14-13(12)9-11(15)5-2/h6-7,10-11,14H,4-5,8-9H2,1-3H3/t10-,11+/m0/s1. The molecule has 2 heteroatoms. The maximum absolute atomic E-state index is 3.39. The first-order valence-electron chi connectivity index (χ1n) is 6.19. The molecule has 2 atom stereocenters. The maximum atomic E-state index is 3.39. The van der Waals surface area contributed by atoms with E-state index in [9.17, 15) is 0 Å². The van der Waals surface area contributed by atoms with Gasteiger partial charge >= 0.3 is 0 Å². The molecule has 15 heavy (non-hydrogen) atoms. The highest BCUT2D eigenvalue weighted by Crippen LogP contribution is 2.33. The fourth-order valence-corrected chi connectivity index (χ4v) is 2.85. The zero-order valence-electron chi connectivity index (χ0n) is 10.1. The molecule has 0 spiro atoms. The van der Waals surface area contributed by atoms with E-state index in [0.29, 0.717) is 6.04 Å². The van der Waals surface area contributed by atoms with E-state index in [4.69, 9.17) is 0 Å². The Labute approximate surface area is 92.7 Å². The topological polar surface area (TPSA) is 19.0 Å². The predicted molar refractivity (Wildman–Crippen MR) is 64.0 cm³/mol. The van der Waals surface area contributed by atoms with Crippen molar-refractivity contribution in [1.29, 1.82) is 0 Å². The molecule has 0 bridgehead atoms. The van der Waals surface area contributed by atoms with E-state index >= 15 is 0 Å². The van der Waals surface area contributed by atoms with Gasteiger partial charge in [-0.25, -0.2) is 0 Å². The average Bonchev–Trinajstić information content (AvgIpc) is 2.70. The molecule has 2 rings (SSSR count). The fraction of sp³-hybridized carbons (Fsp3) is 0.692. The summed E-state index contributed by atoms with van der Waals surface area (Å²) in [6.07, 6.45) is 5.79. The van der Waals surface area contributed by atoms with Crippen LogP contribution in [0.1, 0.15) is 50.9 Å². The highest BCUT2D eigenvalue weighted by atomic mass is 15.2. The minimum atomic E-state index is 0.588. The third kappa shape index (κ3) is 1.83. The van der Waals surface area contributed by atoms with Gasteiger partial charge in [-0.1, -0.05) is 13.8 Å². The molecule has 0 aliphatic carbocycles. The lowest BCUT2D eigenvalue weighted by Gasteiger charge is -2.40. The number of nitrogens with zero attached hydrogens (tertiary/aromatic N) is 1. The molecule has 0 saturated heterocycles. The van der Waals surface area contributed by atoms with Crippen molar-refractivity contribution in [3.05, 3.63) is 23.5 Å². The third-order valence-electron chi connectivity index (χ3n) is 3.68. The Morgan fingerprint density at radius 2 is 2.27 bits per heavy atom. The summed E-state index contributed by atoms with van der Waals surface area (Å²) in [5.74, 6) is 0. The van der Waals surface area contributed by atoms with Gasteiger partial charge in [0, 0.05) is 30.4 Å². The number of rotatable bonds is 3. The lowest BCUT2D eigenvalue weighted by atomic mass is 9.93. The van der Waals surface area contributed by atoms with Crippen LogP contribution in [0.4, 0.5) is 0 Å². The van der Waals surface area contributed by atoms with Gasteiger partial charge in [-0.15, -0.1) is 0 Å². The first-order chi connectivity index (χ1) is 7.27. The van der Waals surface area contributed by atoms with Gasteiger partial charge in [-0.05, 0) is 37.9 Å². The van der Waals surface area contributed by atoms with E-state index in [1.165, 1.54) is 37.1 Å². The second kappa shape index (κ2) is 4.40. The minimum absolute atomic E-state index is 0.588. The molecule has 0 saturated carbocycles. The van der Waals surface area contributed by atoms with Gasteiger partial charge in [-0.3, -0.25) is 4.90 Å². The zero-order chi connectivity index (χ0) is 10.8. The van der Waals surface area contributed by atoms with Crippen molar-refractivity contribution < 1.29 is 0 Å². The van der Waals surface area contributed by atoms with Gasteiger partial charge in [0.05, 0.1) is 0 Å². The van der Waals surface area contributed by atoms with E-state index in [-0.39, 0.29) is 0 Å². The molecule has 1 aromatic rings. The molecule has 0 radical (unpaired) electrons. The Kier molecular flexibility index (Phi) is 3.15. The fourth-order valence-electron chi connectivity index (χ4n) is 2.85. The summed E-state index contributed by atoms with van der Waals surface area (Å²) in [5.41, 5.74) is 2.97. The van der Waals surface area contributed by atoms with Gasteiger partial charge in [0.1, 0.15) is 0 Å². The normalized spacial score (nSPS) is 26.6. The molecule has 0 unspecified atom stereocenters. The Hall–Kier alpha value is -0.760. The van der Waals surface area contributed by atoms with E-state index in [1.54, 1.807) is 0 Å². The molecule has 1 N–H and O–H groups in total. The smallest absolute Gasteiger partial charge is 0.0340 e. The van der Waals surface area contributed by atoms with Crippen LogP contribution in [-0.2, 0) is 6.42 Å². The summed E-state index contributed by atoms with van der Waals surface area (Å²) in [6, 6.07) is 3.56. The number of hydrogen-bond donors (Lipinski definition) is 1. The largest absolute Gasteiger partial charge is 0.365 e. The summed E-state index contributed by atoms with van der Waals surface area (Å²) in [4.78, 5) is 6.05. The Morgan fingerprint density at radius 1 is 1.47 bits per heavy atom. The Balaban J connectivity index is 2.25. The van der Waals surface area contributed by atoms with E-state index in [2.05, 4.69) is 42.9 Å². The van der Waals surface area contributed by atoms with Crippen molar-refractivity contribution in [2.24, 2.45) is 0 Å². The SMILES string of the molecule is CCCN1[C@H](CC)Cc2[nH]ccc2[C@@H]1C. The van der Waals surface area contributed by atoms with Crippen molar-refractivity contribution in [3.8, 4) is 0 Å². The molecule has 0 aromatic carbocycles. The van der Waals surface area contributed by atoms with Crippen molar-refractivity contribution in [1.82, 2.24) is 9.88 Å². The minimum Gasteiger partial charge on any atom is -0.365 e. The Morgan fingerprint density at radius 3 is 2.93 bits per heavy atom. The van der Waals surface area contributed by atoms with Crippen LogP contribution in [-0.4, -0.2) is 22.5 Å². The summed E-state index contributed by atoms with van der Waals surface area (Å²) in [5, 5.41) is 0. The van der Waals surface area contributed by atoms with Crippen molar-refractivity contribution >= 4 is 0 Å². The molecule has 84 valence electrons. The number of hydrogen-bond acceptors (Lipinski definition) is 1. The molecule has 0 fully saturated rings. The number of aromatic amines is 1. The molecule has 0 amide bonds. The van der Waals surface area contributed by atoms with Crippen LogP contribution < -0.4 is 0 Å². The zero-order valence-corrected chi connectivity index (χ0v) is 10.1. The summed E-state index contributed by atoms with van der Waals surface area (Å²) < 4.78 is 0. The Bertz CT molecular complexity index is 316. The first-order valence-corrected chi connectivity index (χ1v) is 6.19. The lowest BCUT2D eigenvalue weighted by molar-refractivity contribution is 0.123. The molecule has 1 aliphatic rings. The molecule has 2 heterocycles. The van der Waals surface area contributed by atoms with Gasteiger partial charge in [-0.2, -0.15) is 0 Å².